The Balaban J connectivity index is 0.00000312. The van der Waals surface area contributed by atoms with E-state index in [0.717, 1.165) is 6.07 Å². The summed E-state index contributed by atoms with van der Waals surface area (Å²) in [7, 11) is 0. The number of aliphatic imine (C=N–C) groups is 1. The fraction of sp³-hybridized carbons (Fsp3) is 0.571. The summed E-state index contributed by atoms with van der Waals surface area (Å²) in [4.78, 5) is 9.65. The number of pyridine rings is 1. The molecule has 1 atom stereocenters. The predicted octanol–water partition coefficient (Wildman–Crippen LogP) is 2.79. The molecule has 1 aliphatic heterocycles. The fourth-order valence-electron chi connectivity index (χ4n) is 2.12. The molecule has 2 heterocycles. The summed E-state index contributed by atoms with van der Waals surface area (Å²) in [5.41, 5.74) is 4.96. The second-order valence-electron chi connectivity index (χ2n) is 5.22. The molecule has 2 rings (SSSR count). The topological polar surface area (TPSA) is 73.0 Å². The van der Waals surface area contributed by atoms with E-state index in [2.05, 4.69) is 9.98 Å². The highest BCUT2D eigenvalue weighted by molar-refractivity contribution is 14.0. The summed E-state index contributed by atoms with van der Waals surface area (Å²) in [5.74, 6) is 0.304. The van der Waals surface area contributed by atoms with Crippen molar-refractivity contribution in [2.75, 3.05) is 32.8 Å². The van der Waals surface area contributed by atoms with Gasteiger partial charge < -0.3 is 20.1 Å². The van der Waals surface area contributed by atoms with Crippen LogP contribution in [0.2, 0.25) is 5.02 Å². The predicted molar refractivity (Wildman–Crippen MR) is 98.6 cm³/mol. The van der Waals surface area contributed by atoms with Crippen molar-refractivity contribution in [1.82, 2.24) is 9.88 Å². The Kier molecular flexibility index (Phi) is 8.48. The van der Waals surface area contributed by atoms with Crippen LogP contribution in [0.3, 0.4) is 0 Å². The Hall–Kier alpha value is -1.01. The first-order chi connectivity index (χ1) is 11.3. The van der Waals surface area contributed by atoms with Crippen LogP contribution in [0.4, 0.5) is 13.2 Å². The lowest BCUT2D eigenvalue weighted by Gasteiger charge is -2.31. The van der Waals surface area contributed by atoms with Crippen molar-refractivity contribution in [3.8, 4) is 5.88 Å². The van der Waals surface area contributed by atoms with Crippen LogP contribution in [-0.2, 0) is 10.9 Å². The Morgan fingerprint density at radius 2 is 2.28 bits per heavy atom. The molecule has 0 aromatic carbocycles. The zero-order valence-electron chi connectivity index (χ0n) is 13.4. The van der Waals surface area contributed by atoms with Gasteiger partial charge >= 0.3 is 6.18 Å². The molecule has 1 aromatic heterocycles. The molecule has 0 spiro atoms. The van der Waals surface area contributed by atoms with Gasteiger partial charge in [0.1, 0.15) is 11.6 Å². The molecule has 11 heteroatoms. The van der Waals surface area contributed by atoms with Crippen molar-refractivity contribution in [2.24, 2.45) is 10.7 Å². The molecule has 1 fully saturated rings. The largest absolute Gasteiger partial charge is 0.475 e. The molecule has 0 saturated carbocycles. The van der Waals surface area contributed by atoms with Crippen LogP contribution >= 0.6 is 35.6 Å². The zero-order valence-corrected chi connectivity index (χ0v) is 16.5. The average Bonchev–Trinajstić information content (AvgIpc) is 2.51. The minimum absolute atomic E-state index is 0. The third-order valence-corrected chi connectivity index (χ3v) is 3.57. The minimum atomic E-state index is -4.50. The standard InChI is InChI=1S/C14H18ClF3N4O2.HI/c1-9-8-22(3-5-23-9)13(19)20-2-4-24-12-11(15)6-10(7-21-12)14(16,17)18;/h6-7,9H,2-5,8H2,1H3,(H2,19,20);1H. The molecule has 0 radical (unpaired) electrons. The first-order valence-corrected chi connectivity index (χ1v) is 7.67. The number of guanidine groups is 1. The van der Waals surface area contributed by atoms with Gasteiger partial charge in [0.15, 0.2) is 5.96 Å². The summed E-state index contributed by atoms with van der Waals surface area (Å²) in [6.45, 7) is 4.17. The number of hydrogen-bond acceptors (Lipinski definition) is 4. The third-order valence-electron chi connectivity index (χ3n) is 3.30. The summed E-state index contributed by atoms with van der Waals surface area (Å²) in [5, 5.41) is -0.205. The van der Waals surface area contributed by atoms with Crippen LogP contribution in [0, 0.1) is 0 Å². The van der Waals surface area contributed by atoms with E-state index in [1.807, 2.05) is 11.8 Å². The smallest absolute Gasteiger partial charge is 0.417 e. The lowest BCUT2D eigenvalue weighted by molar-refractivity contribution is -0.137. The quantitative estimate of drug-likeness (QED) is 0.302. The number of rotatable bonds is 4. The number of hydrogen-bond donors (Lipinski definition) is 1. The molecule has 1 aromatic rings. The number of nitrogens with zero attached hydrogens (tertiary/aromatic N) is 3. The van der Waals surface area contributed by atoms with Crippen molar-refractivity contribution in [1.29, 1.82) is 0 Å². The Morgan fingerprint density at radius 3 is 2.88 bits per heavy atom. The van der Waals surface area contributed by atoms with Crippen molar-refractivity contribution in [3.05, 3.63) is 22.8 Å². The van der Waals surface area contributed by atoms with Gasteiger partial charge in [-0.1, -0.05) is 11.6 Å². The molecule has 1 unspecified atom stereocenters. The molecule has 6 nitrogen and oxygen atoms in total. The number of ether oxygens (including phenoxy) is 2. The van der Waals surface area contributed by atoms with Gasteiger partial charge in [0.2, 0.25) is 5.88 Å². The van der Waals surface area contributed by atoms with Crippen LogP contribution in [0.5, 0.6) is 5.88 Å². The second kappa shape index (κ2) is 9.62. The van der Waals surface area contributed by atoms with Gasteiger partial charge in [-0.25, -0.2) is 9.98 Å². The highest BCUT2D eigenvalue weighted by Crippen LogP contribution is 2.32. The van der Waals surface area contributed by atoms with E-state index in [4.69, 9.17) is 26.8 Å². The molecule has 1 aliphatic rings. The van der Waals surface area contributed by atoms with E-state index < -0.39 is 11.7 Å². The van der Waals surface area contributed by atoms with E-state index in [1.165, 1.54) is 0 Å². The van der Waals surface area contributed by atoms with Gasteiger partial charge in [-0.3, -0.25) is 0 Å². The van der Waals surface area contributed by atoms with Gasteiger partial charge in [0.25, 0.3) is 0 Å². The lowest BCUT2D eigenvalue weighted by Crippen LogP contribution is -2.48. The molecule has 0 bridgehead atoms. The minimum Gasteiger partial charge on any atom is -0.475 e. The van der Waals surface area contributed by atoms with Crippen LogP contribution in [0.1, 0.15) is 12.5 Å². The number of morpholine rings is 1. The monoisotopic (exact) mass is 494 g/mol. The number of aromatic nitrogens is 1. The van der Waals surface area contributed by atoms with E-state index in [1.54, 1.807) is 0 Å². The average molecular weight is 495 g/mol. The lowest BCUT2D eigenvalue weighted by atomic mass is 10.3. The Morgan fingerprint density at radius 1 is 1.56 bits per heavy atom. The van der Waals surface area contributed by atoms with E-state index in [0.29, 0.717) is 31.9 Å². The maximum absolute atomic E-state index is 12.5. The second-order valence-corrected chi connectivity index (χ2v) is 5.63. The van der Waals surface area contributed by atoms with Crippen LogP contribution in [-0.4, -0.2) is 54.8 Å². The van der Waals surface area contributed by atoms with Gasteiger partial charge in [0, 0.05) is 19.3 Å². The number of nitrogens with two attached hydrogens (primary N) is 1. The number of alkyl halides is 3. The van der Waals surface area contributed by atoms with Crippen molar-refractivity contribution in [3.63, 3.8) is 0 Å². The molecule has 1 saturated heterocycles. The Bertz CT molecular complexity index is 604. The highest BCUT2D eigenvalue weighted by Gasteiger charge is 2.31. The molecule has 0 amide bonds. The van der Waals surface area contributed by atoms with Crippen LogP contribution in [0.15, 0.2) is 17.3 Å². The first kappa shape index (κ1) is 22.0. The van der Waals surface area contributed by atoms with Crippen LogP contribution < -0.4 is 10.5 Å². The van der Waals surface area contributed by atoms with Crippen LogP contribution in [0.25, 0.3) is 0 Å². The maximum Gasteiger partial charge on any atom is 0.417 e. The summed E-state index contributed by atoms with van der Waals surface area (Å²) in [6.07, 6.45) is -3.74. The van der Waals surface area contributed by atoms with Gasteiger partial charge in [-0.15, -0.1) is 24.0 Å². The number of halogens is 5. The summed E-state index contributed by atoms with van der Waals surface area (Å²) < 4.78 is 48.2. The maximum atomic E-state index is 12.5. The first-order valence-electron chi connectivity index (χ1n) is 7.29. The van der Waals surface area contributed by atoms with Gasteiger partial charge in [0.05, 0.1) is 24.8 Å². The van der Waals surface area contributed by atoms with Crippen molar-refractivity contribution in [2.45, 2.75) is 19.2 Å². The van der Waals surface area contributed by atoms with E-state index in [9.17, 15) is 13.2 Å². The van der Waals surface area contributed by atoms with Crippen molar-refractivity contribution < 1.29 is 22.6 Å². The fourth-order valence-corrected chi connectivity index (χ4v) is 2.34. The van der Waals surface area contributed by atoms with Gasteiger partial charge in [-0.05, 0) is 13.0 Å². The van der Waals surface area contributed by atoms with Gasteiger partial charge in [-0.2, -0.15) is 13.2 Å². The molecule has 2 N–H and O–H groups in total. The normalized spacial score (nSPS) is 18.7. The summed E-state index contributed by atoms with van der Waals surface area (Å²) >= 11 is 5.74. The van der Waals surface area contributed by atoms with E-state index >= 15 is 0 Å². The third kappa shape index (κ3) is 6.66. The Labute approximate surface area is 165 Å². The molecule has 25 heavy (non-hydrogen) atoms. The molecular weight excluding hydrogens is 476 g/mol. The van der Waals surface area contributed by atoms with Crippen molar-refractivity contribution >= 4 is 41.5 Å². The summed E-state index contributed by atoms with van der Waals surface area (Å²) in [6, 6.07) is 0.774. The highest BCUT2D eigenvalue weighted by atomic mass is 127. The SMILES string of the molecule is CC1CN(C(N)=NCCOc2ncc(C(F)(F)F)cc2Cl)CCO1.I. The molecular formula is C14H19ClF3IN4O2. The van der Waals surface area contributed by atoms with E-state index in [-0.39, 0.29) is 54.1 Å². The zero-order chi connectivity index (χ0) is 17.7. The molecule has 0 aliphatic carbocycles. The molecule has 142 valence electrons.